The first kappa shape index (κ1) is 13.7. The number of ether oxygens (including phenoxy) is 1. The van der Waals surface area contributed by atoms with Gasteiger partial charge in [-0.25, -0.2) is 0 Å². The van der Waals surface area contributed by atoms with Crippen LogP contribution in [0.3, 0.4) is 0 Å². The number of carbonyl (C=O) groups excluding carboxylic acids is 2. The van der Waals surface area contributed by atoms with Crippen LogP contribution < -0.4 is 15.4 Å². The van der Waals surface area contributed by atoms with E-state index in [-0.39, 0.29) is 12.6 Å². The van der Waals surface area contributed by atoms with E-state index in [0.717, 1.165) is 12.8 Å². The van der Waals surface area contributed by atoms with Gasteiger partial charge in [-0.05, 0) is 37.1 Å². The first-order chi connectivity index (χ1) is 9.15. The zero-order valence-electron chi connectivity index (χ0n) is 10.3. The summed E-state index contributed by atoms with van der Waals surface area (Å²) in [4.78, 5) is 22.7. The quantitative estimate of drug-likeness (QED) is 0.628. The first-order valence-corrected chi connectivity index (χ1v) is 6.50. The number of halogens is 1. The summed E-state index contributed by atoms with van der Waals surface area (Å²) in [5.41, 5.74) is 0. The van der Waals surface area contributed by atoms with Gasteiger partial charge in [0.1, 0.15) is 12.4 Å². The molecule has 0 aliphatic heterocycles. The third-order valence-electron chi connectivity index (χ3n) is 2.59. The van der Waals surface area contributed by atoms with E-state index >= 15 is 0 Å². The van der Waals surface area contributed by atoms with Gasteiger partial charge in [-0.3, -0.25) is 9.59 Å². The molecule has 6 heteroatoms. The maximum Gasteiger partial charge on any atom is 0.309 e. The number of hydrogen-bond acceptors (Lipinski definition) is 3. The molecule has 0 spiro atoms. The van der Waals surface area contributed by atoms with Crippen molar-refractivity contribution in [3.63, 3.8) is 0 Å². The van der Waals surface area contributed by atoms with Gasteiger partial charge in [0.15, 0.2) is 0 Å². The Morgan fingerprint density at radius 3 is 2.53 bits per heavy atom. The Hall–Kier alpha value is -1.75. The number of carbonyl (C=O) groups is 2. The molecule has 1 fully saturated rings. The van der Waals surface area contributed by atoms with E-state index in [2.05, 4.69) is 10.6 Å². The highest BCUT2D eigenvalue weighted by atomic mass is 35.5. The van der Waals surface area contributed by atoms with Crippen LogP contribution in [0.2, 0.25) is 5.02 Å². The molecule has 2 rings (SSSR count). The van der Waals surface area contributed by atoms with Crippen molar-refractivity contribution in [1.82, 2.24) is 10.6 Å². The van der Waals surface area contributed by atoms with E-state index in [1.54, 1.807) is 24.3 Å². The summed E-state index contributed by atoms with van der Waals surface area (Å²) in [5, 5.41) is 5.74. The lowest BCUT2D eigenvalue weighted by Crippen LogP contribution is -2.42. The maximum atomic E-state index is 11.4. The number of nitrogens with one attached hydrogen (secondary N) is 2. The van der Waals surface area contributed by atoms with Crippen molar-refractivity contribution in [3.8, 4) is 5.75 Å². The van der Waals surface area contributed by atoms with Gasteiger partial charge >= 0.3 is 11.8 Å². The van der Waals surface area contributed by atoms with Gasteiger partial charge in [0.25, 0.3) is 0 Å². The third kappa shape index (κ3) is 4.79. The normalized spacial score (nSPS) is 13.7. The molecule has 1 aromatic rings. The highest BCUT2D eigenvalue weighted by Gasteiger charge is 2.26. The van der Waals surface area contributed by atoms with E-state index in [4.69, 9.17) is 16.3 Å². The van der Waals surface area contributed by atoms with Gasteiger partial charge in [-0.15, -0.1) is 0 Å². The minimum absolute atomic E-state index is 0.184. The zero-order chi connectivity index (χ0) is 13.7. The molecular weight excluding hydrogens is 268 g/mol. The minimum atomic E-state index is -0.619. The summed E-state index contributed by atoms with van der Waals surface area (Å²) in [6.45, 7) is 0.573. The van der Waals surface area contributed by atoms with Crippen molar-refractivity contribution >= 4 is 23.4 Å². The van der Waals surface area contributed by atoms with Gasteiger partial charge in [0.05, 0.1) is 6.54 Å². The smallest absolute Gasteiger partial charge is 0.309 e. The first-order valence-electron chi connectivity index (χ1n) is 6.12. The second kappa shape index (κ2) is 6.43. The number of hydrogen-bond donors (Lipinski definition) is 2. The Kier molecular flexibility index (Phi) is 4.63. The van der Waals surface area contributed by atoms with Crippen LogP contribution >= 0.6 is 11.6 Å². The summed E-state index contributed by atoms with van der Waals surface area (Å²) in [6.07, 6.45) is 1.91. The largest absolute Gasteiger partial charge is 0.492 e. The molecule has 2 amide bonds. The van der Waals surface area contributed by atoms with Crippen molar-refractivity contribution in [1.29, 1.82) is 0 Å². The molecule has 0 radical (unpaired) electrons. The highest BCUT2D eigenvalue weighted by Crippen LogP contribution is 2.18. The molecule has 0 atom stereocenters. The van der Waals surface area contributed by atoms with E-state index in [9.17, 15) is 9.59 Å². The van der Waals surface area contributed by atoms with Crippen LogP contribution in [0, 0.1) is 0 Å². The molecule has 1 aliphatic rings. The summed E-state index contributed by atoms with van der Waals surface area (Å²) < 4.78 is 5.38. The molecule has 0 aromatic heterocycles. The molecule has 2 N–H and O–H groups in total. The molecule has 1 aromatic carbocycles. The lowest BCUT2D eigenvalue weighted by atomic mass is 10.3. The summed E-state index contributed by atoms with van der Waals surface area (Å²) in [7, 11) is 0. The maximum absolute atomic E-state index is 11.4. The number of benzene rings is 1. The monoisotopic (exact) mass is 282 g/mol. The minimum Gasteiger partial charge on any atom is -0.492 e. The fourth-order valence-corrected chi connectivity index (χ4v) is 1.55. The summed E-state index contributed by atoms with van der Waals surface area (Å²) >= 11 is 5.74. The Morgan fingerprint density at radius 2 is 1.89 bits per heavy atom. The Labute approximate surface area is 116 Å². The molecule has 1 aliphatic carbocycles. The van der Waals surface area contributed by atoms with Crippen LogP contribution in [-0.4, -0.2) is 31.0 Å². The summed E-state index contributed by atoms with van der Waals surface area (Å²) in [5.74, 6) is -0.526. The standard InChI is InChI=1S/C13H15ClN2O3/c14-9-1-5-11(6-2-9)19-8-7-15-12(17)13(18)16-10-3-4-10/h1-2,5-6,10H,3-4,7-8H2,(H,15,17)(H,16,18). The van der Waals surface area contributed by atoms with E-state index in [1.165, 1.54) is 0 Å². The Balaban J connectivity index is 1.61. The topological polar surface area (TPSA) is 67.4 Å². The highest BCUT2D eigenvalue weighted by molar-refractivity contribution is 6.35. The second-order valence-electron chi connectivity index (χ2n) is 4.31. The molecule has 1 saturated carbocycles. The molecule has 102 valence electrons. The molecule has 0 heterocycles. The SMILES string of the molecule is O=C(NCCOc1ccc(Cl)cc1)C(=O)NC1CC1. The van der Waals surface area contributed by atoms with Crippen molar-refractivity contribution in [2.24, 2.45) is 0 Å². The predicted molar refractivity (Wildman–Crippen MR) is 71.1 cm³/mol. The molecule has 19 heavy (non-hydrogen) atoms. The molecular formula is C13H15ClN2O3. The van der Waals surface area contributed by atoms with Gasteiger partial charge in [-0.1, -0.05) is 11.6 Å². The lowest BCUT2D eigenvalue weighted by molar-refractivity contribution is -0.139. The van der Waals surface area contributed by atoms with Crippen molar-refractivity contribution in [2.45, 2.75) is 18.9 Å². The fraction of sp³-hybridized carbons (Fsp3) is 0.385. The van der Waals surface area contributed by atoms with Crippen LogP contribution in [0.25, 0.3) is 0 Å². The lowest BCUT2D eigenvalue weighted by Gasteiger charge is -2.07. The van der Waals surface area contributed by atoms with E-state index in [1.807, 2.05) is 0 Å². The fourth-order valence-electron chi connectivity index (χ4n) is 1.42. The van der Waals surface area contributed by atoms with Gasteiger partial charge < -0.3 is 15.4 Å². The predicted octanol–water partition coefficient (Wildman–Crippen LogP) is 1.11. The van der Waals surface area contributed by atoms with Crippen molar-refractivity contribution in [2.75, 3.05) is 13.2 Å². The average molecular weight is 283 g/mol. The number of rotatable bonds is 5. The van der Waals surface area contributed by atoms with Crippen LogP contribution in [0.1, 0.15) is 12.8 Å². The van der Waals surface area contributed by atoms with Gasteiger partial charge in [0, 0.05) is 11.1 Å². The molecule has 0 bridgehead atoms. The number of amides is 2. The van der Waals surface area contributed by atoms with E-state index in [0.29, 0.717) is 17.4 Å². The Morgan fingerprint density at radius 1 is 1.21 bits per heavy atom. The average Bonchev–Trinajstić information content (AvgIpc) is 3.20. The Bertz CT molecular complexity index is 457. The third-order valence-corrected chi connectivity index (χ3v) is 2.84. The van der Waals surface area contributed by atoms with Gasteiger partial charge in [0.2, 0.25) is 0 Å². The van der Waals surface area contributed by atoms with Crippen LogP contribution in [0.15, 0.2) is 24.3 Å². The van der Waals surface area contributed by atoms with Crippen LogP contribution in [0.5, 0.6) is 5.75 Å². The van der Waals surface area contributed by atoms with E-state index < -0.39 is 11.8 Å². The second-order valence-corrected chi connectivity index (χ2v) is 4.74. The van der Waals surface area contributed by atoms with Crippen LogP contribution in [0.4, 0.5) is 0 Å². The molecule has 0 saturated heterocycles. The summed E-state index contributed by atoms with van der Waals surface area (Å²) in [6, 6.07) is 7.11. The van der Waals surface area contributed by atoms with Crippen molar-refractivity contribution < 1.29 is 14.3 Å². The molecule has 0 unspecified atom stereocenters. The molecule has 5 nitrogen and oxygen atoms in total. The van der Waals surface area contributed by atoms with Crippen LogP contribution in [-0.2, 0) is 9.59 Å². The zero-order valence-corrected chi connectivity index (χ0v) is 11.1. The van der Waals surface area contributed by atoms with Gasteiger partial charge in [-0.2, -0.15) is 0 Å². The van der Waals surface area contributed by atoms with Crippen molar-refractivity contribution in [3.05, 3.63) is 29.3 Å².